The van der Waals surface area contributed by atoms with Crippen molar-refractivity contribution in [2.24, 2.45) is 11.7 Å². The molecule has 6 nitrogen and oxygen atoms in total. The fourth-order valence-electron chi connectivity index (χ4n) is 2.50. The molecule has 0 saturated heterocycles. The SMILES string of the molecule is N[C@@H]1CC[C@H](Cn2nc3ccccc3n2)C1.O=C(O)C(F)(F)F. The highest BCUT2D eigenvalue weighted by Crippen LogP contribution is 2.25. The van der Waals surface area contributed by atoms with Gasteiger partial charge in [-0.25, -0.2) is 4.79 Å². The number of carboxylic acids is 1. The number of fused-ring (bicyclic) bond motifs is 1. The number of aromatic nitrogens is 3. The Morgan fingerprint density at radius 3 is 2.17 bits per heavy atom. The molecule has 1 aromatic heterocycles. The maximum Gasteiger partial charge on any atom is 0.490 e. The van der Waals surface area contributed by atoms with Gasteiger partial charge in [-0.3, -0.25) is 0 Å². The Morgan fingerprint density at radius 2 is 1.78 bits per heavy atom. The van der Waals surface area contributed by atoms with Crippen molar-refractivity contribution in [1.29, 1.82) is 0 Å². The number of rotatable bonds is 2. The number of benzene rings is 1. The van der Waals surface area contributed by atoms with Crippen molar-refractivity contribution >= 4 is 17.0 Å². The molecule has 0 radical (unpaired) electrons. The van der Waals surface area contributed by atoms with Gasteiger partial charge >= 0.3 is 12.1 Å². The lowest BCUT2D eigenvalue weighted by atomic mass is 10.1. The fraction of sp³-hybridized carbons (Fsp3) is 0.500. The smallest absolute Gasteiger partial charge is 0.475 e. The monoisotopic (exact) mass is 330 g/mol. The van der Waals surface area contributed by atoms with E-state index in [1.54, 1.807) is 0 Å². The standard InChI is InChI=1S/C12H16N4.C2HF3O2/c13-10-6-5-9(7-10)8-16-14-11-3-1-2-4-12(11)15-16;3-2(4,5)1(6)7/h1-4,9-10H,5-8,13H2;(H,6,7)/t9-,10+;/m0./s1. The zero-order valence-electron chi connectivity index (χ0n) is 12.2. The molecule has 0 spiro atoms. The number of hydrogen-bond donors (Lipinski definition) is 2. The van der Waals surface area contributed by atoms with Crippen molar-refractivity contribution < 1.29 is 23.1 Å². The molecule has 1 heterocycles. The summed E-state index contributed by atoms with van der Waals surface area (Å²) in [4.78, 5) is 10.7. The zero-order chi connectivity index (χ0) is 17.0. The molecule has 23 heavy (non-hydrogen) atoms. The van der Waals surface area contributed by atoms with E-state index in [0.29, 0.717) is 12.0 Å². The number of nitrogens with zero attached hydrogens (tertiary/aromatic N) is 3. The van der Waals surface area contributed by atoms with Crippen molar-refractivity contribution in [3.05, 3.63) is 24.3 Å². The lowest BCUT2D eigenvalue weighted by molar-refractivity contribution is -0.192. The number of carboxylic acid groups (broad SMARTS) is 1. The highest BCUT2D eigenvalue weighted by atomic mass is 19.4. The zero-order valence-corrected chi connectivity index (χ0v) is 12.2. The van der Waals surface area contributed by atoms with E-state index in [-0.39, 0.29) is 0 Å². The molecule has 1 saturated carbocycles. The van der Waals surface area contributed by atoms with Gasteiger partial charge in [0.2, 0.25) is 0 Å². The molecular weight excluding hydrogens is 313 g/mol. The number of nitrogens with two attached hydrogens (primary N) is 1. The topological polar surface area (TPSA) is 94.0 Å². The molecule has 1 aliphatic carbocycles. The third-order valence-electron chi connectivity index (χ3n) is 3.57. The van der Waals surface area contributed by atoms with Crippen molar-refractivity contribution in [3.63, 3.8) is 0 Å². The van der Waals surface area contributed by atoms with Crippen molar-refractivity contribution in [1.82, 2.24) is 15.0 Å². The van der Waals surface area contributed by atoms with Gasteiger partial charge in [0.15, 0.2) is 0 Å². The molecule has 0 unspecified atom stereocenters. The van der Waals surface area contributed by atoms with E-state index in [9.17, 15) is 13.2 Å². The number of alkyl halides is 3. The van der Waals surface area contributed by atoms with Crippen LogP contribution >= 0.6 is 0 Å². The van der Waals surface area contributed by atoms with E-state index >= 15 is 0 Å². The minimum atomic E-state index is -5.08. The molecule has 0 bridgehead atoms. The van der Waals surface area contributed by atoms with Crippen molar-refractivity contribution in [3.8, 4) is 0 Å². The number of hydrogen-bond acceptors (Lipinski definition) is 4. The lowest BCUT2D eigenvalue weighted by Gasteiger charge is -2.07. The first-order valence-corrected chi connectivity index (χ1v) is 7.11. The normalized spacial score (nSPS) is 21.0. The van der Waals surface area contributed by atoms with E-state index < -0.39 is 12.1 Å². The summed E-state index contributed by atoms with van der Waals surface area (Å²) in [6, 6.07) is 8.37. The predicted molar refractivity (Wildman–Crippen MR) is 76.5 cm³/mol. The highest BCUT2D eigenvalue weighted by molar-refractivity contribution is 5.73. The summed E-state index contributed by atoms with van der Waals surface area (Å²) in [5.41, 5.74) is 7.86. The second-order valence-corrected chi connectivity index (χ2v) is 5.49. The Morgan fingerprint density at radius 1 is 1.26 bits per heavy atom. The van der Waals surface area contributed by atoms with Crippen LogP contribution in [0.2, 0.25) is 0 Å². The summed E-state index contributed by atoms with van der Waals surface area (Å²) in [5, 5.41) is 16.1. The van der Waals surface area contributed by atoms with Crippen LogP contribution in [0.1, 0.15) is 19.3 Å². The molecule has 1 aliphatic rings. The third kappa shape index (κ3) is 4.92. The molecular formula is C14H17F3N4O2. The van der Waals surface area contributed by atoms with E-state index in [0.717, 1.165) is 30.4 Å². The van der Waals surface area contributed by atoms with E-state index in [4.69, 9.17) is 15.6 Å². The second-order valence-electron chi connectivity index (χ2n) is 5.49. The van der Waals surface area contributed by atoms with Gasteiger partial charge in [-0.15, -0.1) is 0 Å². The predicted octanol–water partition coefficient (Wildman–Crippen LogP) is 2.19. The van der Waals surface area contributed by atoms with Crippen LogP contribution in [-0.4, -0.2) is 38.3 Å². The van der Waals surface area contributed by atoms with Crippen molar-refractivity contribution in [2.75, 3.05) is 0 Å². The van der Waals surface area contributed by atoms with Crippen LogP contribution < -0.4 is 5.73 Å². The van der Waals surface area contributed by atoms with Crippen LogP contribution in [0.5, 0.6) is 0 Å². The Labute approximate surface area is 130 Å². The van der Waals surface area contributed by atoms with E-state index in [1.165, 1.54) is 6.42 Å². The quantitative estimate of drug-likeness (QED) is 0.880. The molecule has 3 N–H and O–H groups in total. The van der Waals surface area contributed by atoms with Gasteiger partial charge in [-0.1, -0.05) is 12.1 Å². The summed E-state index contributed by atoms with van der Waals surface area (Å²) in [6.45, 7) is 0.905. The molecule has 0 amide bonds. The summed E-state index contributed by atoms with van der Waals surface area (Å²) < 4.78 is 31.7. The van der Waals surface area contributed by atoms with Crippen LogP contribution in [0.4, 0.5) is 13.2 Å². The molecule has 2 aromatic rings. The molecule has 2 atom stereocenters. The summed E-state index contributed by atoms with van der Waals surface area (Å²) in [7, 11) is 0. The third-order valence-corrected chi connectivity index (χ3v) is 3.57. The van der Waals surface area contributed by atoms with E-state index in [2.05, 4.69) is 10.2 Å². The number of aliphatic carboxylic acids is 1. The van der Waals surface area contributed by atoms with Gasteiger partial charge in [0.05, 0.1) is 6.54 Å². The minimum Gasteiger partial charge on any atom is -0.475 e. The first-order chi connectivity index (χ1) is 10.8. The summed E-state index contributed by atoms with van der Waals surface area (Å²) >= 11 is 0. The molecule has 1 aromatic carbocycles. The van der Waals surface area contributed by atoms with Crippen LogP contribution in [0, 0.1) is 5.92 Å². The highest BCUT2D eigenvalue weighted by Gasteiger charge is 2.38. The maximum absolute atomic E-state index is 10.6. The first kappa shape index (κ1) is 17.2. The molecule has 126 valence electrons. The van der Waals surface area contributed by atoms with Crippen LogP contribution in [0.15, 0.2) is 24.3 Å². The molecule has 3 rings (SSSR count). The minimum absolute atomic E-state index is 0.384. The first-order valence-electron chi connectivity index (χ1n) is 7.11. The maximum atomic E-state index is 10.6. The van der Waals surface area contributed by atoms with Crippen LogP contribution in [0.3, 0.4) is 0 Å². The average Bonchev–Trinajstić information content (AvgIpc) is 3.04. The number of carbonyl (C=O) groups is 1. The second kappa shape index (κ2) is 6.95. The van der Waals surface area contributed by atoms with Gasteiger partial charge < -0.3 is 10.8 Å². The fourth-order valence-corrected chi connectivity index (χ4v) is 2.50. The van der Waals surface area contributed by atoms with Crippen molar-refractivity contribution in [2.45, 2.75) is 38.0 Å². The van der Waals surface area contributed by atoms with Gasteiger partial charge in [-0.2, -0.15) is 28.2 Å². The van der Waals surface area contributed by atoms with Gasteiger partial charge in [-0.05, 0) is 37.3 Å². The van der Waals surface area contributed by atoms with E-state index in [1.807, 2.05) is 29.1 Å². The largest absolute Gasteiger partial charge is 0.490 e. The van der Waals surface area contributed by atoms with Crippen LogP contribution in [-0.2, 0) is 11.3 Å². The average molecular weight is 330 g/mol. The summed E-state index contributed by atoms with van der Waals surface area (Å²) in [6.07, 6.45) is -1.62. The Kier molecular flexibility index (Phi) is 5.19. The number of halogens is 3. The molecule has 1 fully saturated rings. The van der Waals surface area contributed by atoms with Gasteiger partial charge in [0, 0.05) is 6.04 Å². The Balaban J connectivity index is 0.000000236. The Bertz CT molecular complexity index is 638. The molecule has 9 heteroatoms. The molecule has 0 aliphatic heterocycles. The Hall–Kier alpha value is -2.16. The van der Waals surface area contributed by atoms with Gasteiger partial charge in [0.1, 0.15) is 11.0 Å². The lowest BCUT2D eigenvalue weighted by Crippen LogP contribution is -2.21. The van der Waals surface area contributed by atoms with Crippen LogP contribution in [0.25, 0.3) is 11.0 Å². The summed E-state index contributed by atoms with van der Waals surface area (Å²) in [5.74, 6) is -2.11. The van der Waals surface area contributed by atoms with Gasteiger partial charge in [0.25, 0.3) is 0 Å².